The third-order valence-electron chi connectivity index (χ3n) is 4.26. The van der Waals surface area contributed by atoms with E-state index in [4.69, 9.17) is 10.00 Å². The molecule has 0 saturated heterocycles. The van der Waals surface area contributed by atoms with E-state index in [1.54, 1.807) is 30.3 Å². The van der Waals surface area contributed by atoms with Gasteiger partial charge >= 0.3 is 6.18 Å². The number of amides is 1. The Labute approximate surface area is 180 Å². The molecule has 0 saturated carbocycles. The van der Waals surface area contributed by atoms with Gasteiger partial charge in [0.05, 0.1) is 23.7 Å². The summed E-state index contributed by atoms with van der Waals surface area (Å²) in [6, 6.07) is 12.2. The summed E-state index contributed by atoms with van der Waals surface area (Å²) in [6.45, 7) is 8.51. The lowest BCUT2D eigenvalue weighted by Gasteiger charge is -2.32. The SMILES string of the molecule is CC(=O)Nc1ccc(OCCN(CC(C)(C)C)c2ccc(C#N)c(C(F)(F)F)c2)cc1. The van der Waals surface area contributed by atoms with E-state index in [1.165, 1.54) is 19.1 Å². The van der Waals surface area contributed by atoms with Gasteiger partial charge in [-0.2, -0.15) is 18.4 Å². The molecule has 0 bridgehead atoms. The number of halogens is 3. The molecular weight excluding hydrogens is 407 g/mol. The Morgan fingerprint density at radius 1 is 1.13 bits per heavy atom. The summed E-state index contributed by atoms with van der Waals surface area (Å²) in [5, 5.41) is 11.7. The Balaban J connectivity index is 2.16. The molecule has 166 valence electrons. The second-order valence-electron chi connectivity index (χ2n) is 8.38. The predicted molar refractivity (Wildman–Crippen MR) is 114 cm³/mol. The highest BCUT2D eigenvalue weighted by Gasteiger charge is 2.34. The van der Waals surface area contributed by atoms with Crippen LogP contribution in [0.15, 0.2) is 42.5 Å². The molecule has 0 spiro atoms. The Bertz CT molecular complexity index is 943. The summed E-state index contributed by atoms with van der Waals surface area (Å²) in [5.41, 5.74) is -0.493. The van der Waals surface area contributed by atoms with E-state index < -0.39 is 17.3 Å². The third kappa shape index (κ3) is 7.52. The van der Waals surface area contributed by atoms with Crippen molar-refractivity contribution < 1.29 is 22.7 Å². The zero-order chi connectivity index (χ0) is 23.2. The van der Waals surface area contributed by atoms with Crippen LogP contribution in [0.4, 0.5) is 24.5 Å². The maximum atomic E-state index is 13.4. The Hall–Kier alpha value is -3.21. The summed E-state index contributed by atoms with van der Waals surface area (Å²) < 4.78 is 45.9. The van der Waals surface area contributed by atoms with E-state index in [9.17, 15) is 18.0 Å². The summed E-state index contributed by atoms with van der Waals surface area (Å²) in [6.07, 6.45) is -4.61. The summed E-state index contributed by atoms with van der Waals surface area (Å²) >= 11 is 0. The quantitative estimate of drug-likeness (QED) is 0.629. The van der Waals surface area contributed by atoms with Crippen LogP contribution in [-0.4, -0.2) is 25.6 Å². The van der Waals surface area contributed by atoms with E-state index in [0.29, 0.717) is 30.2 Å². The number of rotatable bonds is 7. The molecular formula is C23H26F3N3O2. The van der Waals surface area contributed by atoms with E-state index >= 15 is 0 Å². The van der Waals surface area contributed by atoms with Gasteiger partial charge in [0, 0.05) is 24.8 Å². The molecule has 0 aliphatic carbocycles. The predicted octanol–water partition coefficient (Wildman–Crippen LogP) is 5.47. The van der Waals surface area contributed by atoms with Crippen molar-refractivity contribution in [1.29, 1.82) is 5.26 Å². The fourth-order valence-corrected chi connectivity index (χ4v) is 3.04. The maximum Gasteiger partial charge on any atom is 0.417 e. The number of nitrogens with one attached hydrogen (secondary N) is 1. The van der Waals surface area contributed by atoms with E-state index in [0.717, 1.165) is 6.07 Å². The number of alkyl halides is 3. The number of hydrogen-bond acceptors (Lipinski definition) is 4. The van der Waals surface area contributed by atoms with Crippen LogP contribution in [0.5, 0.6) is 5.75 Å². The molecule has 31 heavy (non-hydrogen) atoms. The van der Waals surface area contributed by atoms with Crippen LogP contribution in [0.1, 0.15) is 38.8 Å². The van der Waals surface area contributed by atoms with Crippen LogP contribution in [0.2, 0.25) is 0 Å². The molecule has 1 amide bonds. The molecule has 0 aromatic heterocycles. The molecule has 5 nitrogen and oxygen atoms in total. The molecule has 0 heterocycles. The van der Waals surface area contributed by atoms with Crippen molar-refractivity contribution in [2.45, 2.75) is 33.9 Å². The van der Waals surface area contributed by atoms with Gasteiger partial charge in [0.1, 0.15) is 12.4 Å². The number of ether oxygens (including phenoxy) is 1. The number of anilines is 2. The van der Waals surface area contributed by atoms with Crippen molar-refractivity contribution in [3.05, 3.63) is 53.6 Å². The molecule has 1 N–H and O–H groups in total. The number of hydrogen-bond donors (Lipinski definition) is 1. The summed E-state index contributed by atoms with van der Waals surface area (Å²) in [4.78, 5) is 12.9. The first-order chi connectivity index (χ1) is 14.4. The fraction of sp³-hybridized carbons (Fsp3) is 0.391. The molecule has 0 unspecified atom stereocenters. The summed E-state index contributed by atoms with van der Waals surface area (Å²) in [5.74, 6) is 0.410. The largest absolute Gasteiger partial charge is 0.492 e. The normalized spacial score (nSPS) is 11.5. The lowest BCUT2D eigenvalue weighted by Crippen LogP contribution is -2.36. The monoisotopic (exact) mass is 433 g/mol. The molecule has 2 rings (SSSR count). The van der Waals surface area contributed by atoms with Crippen LogP contribution in [0.3, 0.4) is 0 Å². The minimum absolute atomic E-state index is 0.174. The van der Waals surface area contributed by atoms with Gasteiger partial charge in [-0.15, -0.1) is 0 Å². The second-order valence-corrected chi connectivity index (χ2v) is 8.38. The van der Waals surface area contributed by atoms with Crippen molar-refractivity contribution in [3.63, 3.8) is 0 Å². The van der Waals surface area contributed by atoms with Gasteiger partial charge in [0.25, 0.3) is 0 Å². The van der Waals surface area contributed by atoms with Gasteiger partial charge in [-0.3, -0.25) is 4.79 Å². The smallest absolute Gasteiger partial charge is 0.417 e. The highest BCUT2D eigenvalue weighted by molar-refractivity contribution is 5.88. The molecule has 2 aromatic carbocycles. The van der Waals surface area contributed by atoms with Crippen molar-refractivity contribution in [3.8, 4) is 11.8 Å². The number of benzene rings is 2. The maximum absolute atomic E-state index is 13.4. The standard InChI is InChI=1S/C23H26F3N3O2/c1-16(30)28-18-6-9-20(10-7-18)31-12-11-29(15-22(2,3)4)19-8-5-17(14-27)21(13-19)23(24,25)26/h5-10,13H,11-12,15H2,1-4H3,(H,28,30). The van der Waals surface area contributed by atoms with E-state index in [2.05, 4.69) is 5.32 Å². The highest BCUT2D eigenvalue weighted by atomic mass is 19.4. The topological polar surface area (TPSA) is 65.4 Å². The molecule has 0 fully saturated rings. The molecule has 2 aromatic rings. The van der Waals surface area contributed by atoms with Crippen molar-refractivity contribution in [2.24, 2.45) is 5.41 Å². The van der Waals surface area contributed by atoms with Crippen molar-refractivity contribution >= 4 is 17.3 Å². The Morgan fingerprint density at radius 2 is 1.77 bits per heavy atom. The van der Waals surface area contributed by atoms with Crippen LogP contribution in [0, 0.1) is 16.7 Å². The number of nitriles is 1. The first kappa shape index (κ1) is 24.1. The Morgan fingerprint density at radius 3 is 2.29 bits per heavy atom. The zero-order valence-corrected chi connectivity index (χ0v) is 18.0. The zero-order valence-electron chi connectivity index (χ0n) is 18.0. The van der Waals surface area contributed by atoms with Gasteiger partial charge in [-0.05, 0) is 47.9 Å². The number of carbonyl (C=O) groups is 1. The van der Waals surface area contributed by atoms with Gasteiger partial charge in [0.15, 0.2) is 0 Å². The molecule has 0 atom stereocenters. The van der Waals surface area contributed by atoms with Crippen LogP contribution < -0.4 is 15.0 Å². The van der Waals surface area contributed by atoms with Gasteiger partial charge in [-0.1, -0.05) is 20.8 Å². The average Bonchev–Trinajstić information content (AvgIpc) is 2.66. The van der Waals surface area contributed by atoms with Gasteiger partial charge in [0.2, 0.25) is 5.91 Å². The fourth-order valence-electron chi connectivity index (χ4n) is 3.04. The average molecular weight is 433 g/mol. The molecule has 0 aliphatic heterocycles. The minimum Gasteiger partial charge on any atom is -0.492 e. The van der Waals surface area contributed by atoms with Crippen LogP contribution in [0.25, 0.3) is 0 Å². The second kappa shape index (κ2) is 9.73. The molecule has 0 aliphatic rings. The van der Waals surface area contributed by atoms with Crippen LogP contribution in [-0.2, 0) is 11.0 Å². The lowest BCUT2D eigenvalue weighted by molar-refractivity contribution is -0.137. The van der Waals surface area contributed by atoms with Crippen molar-refractivity contribution in [2.75, 3.05) is 29.9 Å². The van der Waals surface area contributed by atoms with E-state index in [1.807, 2.05) is 25.7 Å². The lowest BCUT2D eigenvalue weighted by atomic mass is 9.95. The number of carbonyl (C=O) groups excluding carboxylic acids is 1. The van der Waals surface area contributed by atoms with Crippen LogP contribution >= 0.6 is 0 Å². The first-order valence-electron chi connectivity index (χ1n) is 9.76. The third-order valence-corrected chi connectivity index (χ3v) is 4.26. The first-order valence-corrected chi connectivity index (χ1v) is 9.76. The van der Waals surface area contributed by atoms with Gasteiger partial charge < -0.3 is 15.0 Å². The minimum atomic E-state index is -4.61. The molecule has 8 heteroatoms. The molecule has 0 radical (unpaired) electrons. The number of nitrogens with zero attached hydrogens (tertiary/aromatic N) is 2. The van der Waals surface area contributed by atoms with Gasteiger partial charge in [-0.25, -0.2) is 0 Å². The van der Waals surface area contributed by atoms with Crippen molar-refractivity contribution in [1.82, 2.24) is 0 Å². The van der Waals surface area contributed by atoms with E-state index in [-0.39, 0.29) is 17.9 Å². The highest BCUT2D eigenvalue weighted by Crippen LogP contribution is 2.35. The summed E-state index contributed by atoms with van der Waals surface area (Å²) in [7, 11) is 0. The Kier molecular flexibility index (Phi) is 7.55.